The molecule has 2 aromatic carbocycles. The van der Waals surface area contributed by atoms with Crippen molar-refractivity contribution in [1.82, 2.24) is 15.1 Å². The SMILES string of the molecule is CCCNC(=O)c1nn(CC)cc1NC(=O)c1cccc(COc2cc(C)ccc2C)c1. The molecule has 0 unspecified atom stereocenters. The maximum absolute atomic E-state index is 12.9. The van der Waals surface area contributed by atoms with Crippen LogP contribution < -0.4 is 15.4 Å². The summed E-state index contributed by atoms with van der Waals surface area (Å²) < 4.78 is 7.59. The Balaban J connectivity index is 1.73. The molecule has 3 rings (SSSR count). The lowest BCUT2D eigenvalue weighted by Gasteiger charge is -2.11. The summed E-state index contributed by atoms with van der Waals surface area (Å²) in [6.07, 6.45) is 2.49. The fourth-order valence-corrected chi connectivity index (χ4v) is 3.19. The van der Waals surface area contributed by atoms with E-state index in [9.17, 15) is 9.59 Å². The number of hydrogen-bond acceptors (Lipinski definition) is 4. The molecular formula is C25H30N4O3. The van der Waals surface area contributed by atoms with Crippen LogP contribution in [0.1, 0.15) is 57.8 Å². The second-order valence-electron chi connectivity index (χ2n) is 7.72. The number of amides is 2. The van der Waals surface area contributed by atoms with Crippen molar-refractivity contribution in [3.05, 3.63) is 76.6 Å². The predicted molar refractivity (Wildman–Crippen MR) is 125 cm³/mol. The fourth-order valence-electron chi connectivity index (χ4n) is 3.19. The molecule has 0 atom stereocenters. The van der Waals surface area contributed by atoms with E-state index in [1.807, 2.05) is 58.0 Å². The molecule has 0 saturated heterocycles. The average molecular weight is 435 g/mol. The molecule has 0 radical (unpaired) electrons. The minimum atomic E-state index is -0.307. The highest BCUT2D eigenvalue weighted by Crippen LogP contribution is 2.21. The molecule has 168 valence electrons. The number of carbonyl (C=O) groups excluding carboxylic acids is 2. The number of hydrogen-bond donors (Lipinski definition) is 2. The summed E-state index contributed by atoms with van der Waals surface area (Å²) in [5.74, 6) is 0.221. The van der Waals surface area contributed by atoms with Crippen molar-refractivity contribution in [2.45, 2.75) is 47.3 Å². The molecule has 0 spiro atoms. The number of aromatic nitrogens is 2. The lowest BCUT2D eigenvalue weighted by Crippen LogP contribution is -2.26. The van der Waals surface area contributed by atoms with Crippen molar-refractivity contribution in [2.75, 3.05) is 11.9 Å². The van der Waals surface area contributed by atoms with E-state index in [0.717, 1.165) is 28.9 Å². The van der Waals surface area contributed by atoms with Gasteiger partial charge >= 0.3 is 0 Å². The number of aryl methyl sites for hydroxylation is 3. The van der Waals surface area contributed by atoms with Crippen molar-refractivity contribution in [2.24, 2.45) is 0 Å². The van der Waals surface area contributed by atoms with Gasteiger partial charge in [-0.25, -0.2) is 0 Å². The largest absolute Gasteiger partial charge is 0.489 e. The normalized spacial score (nSPS) is 10.6. The molecule has 0 aliphatic carbocycles. The lowest BCUT2D eigenvalue weighted by molar-refractivity contribution is 0.0948. The topological polar surface area (TPSA) is 85.3 Å². The lowest BCUT2D eigenvalue weighted by atomic mass is 10.1. The molecule has 32 heavy (non-hydrogen) atoms. The number of anilines is 1. The molecule has 3 aromatic rings. The Morgan fingerprint density at radius 1 is 1.06 bits per heavy atom. The van der Waals surface area contributed by atoms with E-state index >= 15 is 0 Å². The maximum Gasteiger partial charge on any atom is 0.273 e. The summed E-state index contributed by atoms with van der Waals surface area (Å²) in [5, 5.41) is 9.93. The zero-order valence-electron chi connectivity index (χ0n) is 19.1. The first-order valence-electron chi connectivity index (χ1n) is 10.9. The predicted octanol–water partition coefficient (Wildman–Crippen LogP) is 4.49. The van der Waals surface area contributed by atoms with E-state index in [2.05, 4.69) is 15.7 Å². The first-order chi connectivity index (χ1) is 15.4. The van der Waals surface area contributed by atoms with E-state index in [1.165, 1.54) is 0 Å². The number of nitrogens with zero attached hydrogens (tertiary/aromatic N) is 2. The van der Waals surface area contributed by atoms with Crippen molar-refractivity contribution in [1.29, 1.82) is 0 Å². The zero-order valence-corrected chi connectivity index (χ0v) is 19.1. The molecule has 7 heteroatoms. The number of rotatable bonds is 9. The Kier molecular flexibility index (Phi) is 7.65. The van der Waals surface area contributed by atoms with Crippen LogP contribution in [0.15, 0.2) is 48.7 Å². The Bertz CT molecular complexity index is 1100. The Morgan fingerprint density at radius 3 is 2.62 bits per heavy atom. The van der Waals surface area contributed by atoms with Gasteiger partial charge in [0.15, 0.2) is 5.69 Å². The van der Waals surface area contributed by atoms with Gasteiger partial charge in [-0.2, -0.15) is 5.10 Å². The summed E-state index contributed by atoms with van der Waals surface area (Å²) in [6.45, 7) is 9.42. The Labute approximate surface area is 188 Å². The standard InChI is InChI=1S/C25H30N4O3/c1-5-12-26-25(31)23-21(15-29(6-2)28-23)27-24(30)20-9-7-8-19(14-20)16-32-22-13-17(3)10-11-18(22)4/h7-11,13-15H,5-6,12,16H2,1-4H3,(H,26,31)(H,27,30). The highest BCUT2D eigenvalue weighted by Gasteiger charge is 2.19. The van der Waals surface area contributed by atoms with Crippen LogP contribution in [0.5, 0.6) is 5.75 Å². The summed E-state index contributed by atoms with van der Waals surface area (Å²) >= 11 is 0. The van der Waals surface area contributed by atoms with E-state index in [4.69, 9.17) is 4.74 Å². The fraction of sp³-hybridized carbons (Fsp3) is 0.320. The van der Waals surface area contributed by atoms with Gasteiger partial charge in [0.05, 0.1) is 5.69 Å². The summed E-state index contributed by atoms with van der Waals surface area (Å²) in [7, 11) is 0. The van der Waals surface area contributed by atoms with Crippen LogP contribution in [0.3, 0.4) is 0 Å². The first-order valence-corrected chi connectivity index (χ1v) is 10.9. The third-order valence-electron chi connectivity index (χ3n) is 5.01. The molecule has 0 fully saturated rings. The van der Waals surface area contributed by atoms with Crippen molar-refractivity contribution in [3.63, 3.8) is 0 Å². The van der Waals surface area contributed by atoms with E-state index in [0.29, 0.717) is 30.9 Å². The molecule has 0 saturated carbocycles. The molecule has 2 amide bonds. The highest BCUT2D eigenvalue weighted by molar-refractivity contribution is 6.08. The Morgan fingerprint density at radius 2 is 1.88 bits per heavy atom. The molecule has 7 nitrogen and oxygen atoms in total. The van der Waals surface area contributed by atoms with E-state index < -0.39 is 0 Å². The Hall–Kier alpha value is -3.61. The van der Waals surface area contributed by atoms with Crippen LogP contribution in [-0.2, 0) is 13.2 Å². The number of benzene rings is 2. The van der Waals surface area contributed by atoms with Gasteiger partial charge in [-0.05, 0) is 62.1 Å². The van der Waals surface area contributed by atoms with Crippen molar-refractivity contribution in [3.8, 4) is 5.75 Å². The third-order valence-corrected chi connectivity index (χ3v) is 5.01. The van der Waals surface area contributed by atoms with Gasteiger partial charge in [-0.15, -0.1) is 0 Å². The number of carbonyl (C=O) groups is 2. The molecule has 2 N–H and O–H groups in total. The van der Waals surface area contributed by atoms with Crippen molar-refractivity contribution < 1.29 is 14.3 Å². The minimum absolute atomic E-state index is 0.211. The van der Waals surface area contributed by atoms with Crippen LogP contribution in [0.25, 0.3) is 0 Å². The molecule has 0 aliphatic rings. The van der Waals surface area contributed by atoms with Crippen LogP contribution in [-0.4, -0.2) is 28.1 Å². The second kappa shape index (κ2) is 10.6. The van der Waals surface area contributed by atoms with Gasteiger partial charge in [-0.1, -0.05) is 31.2 Å². The highest BCUT2D eigenvalue weighted by atomic mass is 16.5. The monoisotopic (exact) mass is 434 g/mol. The molecular weight excluding hydrogens is 404 g/mol. The summed E-state index contributed by atoms with van der Waals surface area (Å²) in [5.41, 5.74) is 4.15. The smallest absolute Gasteiger partial charge is 0.273 e. The quantitative estimate of drug-likeness (QED) is 0.520. The number of nitrogens with one attached hydrogen (secondary N) is 2. The average Bonchev–Trinajstić information content (AvgIpc) is 3.21. The maximum atomic E-state index is 12.9. The third kappa shape index (κ3) is 5.75. The van der Waals surface area contributed by atoms with Crippen LogP contribution in [0, 0.1) is 13.8 Å². The molecule has 1 aromatic heterocycles. The minimum Gasteiger partial charge on any atom is -0.489 e. The molecule has 0 aliphatic heterocycles. The van der Waals surface area contributed by atoms with Crippen LogP contribution in [0.4, 0.5) is 5.69 Å². The second-order valence-corrected chi connectivity index (χ2v) is 7.72. The molecule has 1 heterocycles. The number of ether oxygens (including phenoxy) is 1. The van der Waals surface area contributed by atoms with E-state index in [-0.39, 0.29) is 17.5 Å². The summed E-state index contributed by atoms with van der Waals surface area (Å²) in [4.78, 5) is 25.3. The van der Waals surface area contributed by atoms with Crippen LogP contribution in [0.2, 0.25) is 0 Å². The van der Waals surface area contributed by atoms with Gasteiger partial charge in [0, 0.05) is 24.8 Å². The van der Waals surface area contributed by atoms with Gasteiger partial charge < -0.3 is 15.4 Å². The van der Waals surface area contributed by atoms with Crippen molar-refractivity contribution >= 4 is 17.5 Å². The van der Waals surface area contributed by atoms with E-state index in [1.54, 1.807) is 23.0 Å². The molecule has 0 bridgehead atoms. The van der Waals surface area contributed by atoms with Gasteiger partial charge in [0.1, 0.15) is 12.4 Å². The zero-order chi connectivity index (χ0) is 23.1. The van der Waals surface area contributed by atoms with Gasteiger partial charge in [0.2, 0.25) is 0 Å². The van der Waals surface area contributed by atoms with Gasteiger partial charge in [-0.3, -0.25) is 14.3 Å². The van der Waals surface area contributed by atoms with Gasteiger partial charge in [0.25, 0.3) is 11.8 Å². The summed E-state index contributed by atoms with van der Waals surface area (Å²) in [6, 6.07) is 13.3. The van der Waals surface area contributed by atoms with Crippen LogP contribution >= 0.6 is 0 Å². The first kappa shape index (κ1) is 23.1.